The fraction of sp³-hybridized carbons (Fsp3) is 0.524. The highest BCUT2D eigenvalue weighted by Crippen LogP contribution is 2.33. The average Bonchev–Trinajstić information content (AvgIpc) is 2.71. The first-order chi connectivity index (χ1) is 14.0. The monoisotopic (exact) mass is 405 g/mol. The molecule has 0 bridgehead atoms. The van der Waals surface area contributed by atoms with Crippen molar-refractivity contribution in [2.24, 2.45) is 0 Å². The van der Waals surface area contributed by atoms with Gasteiger partial charge >= 0.3 is 11.9 Å². The van der Waals surface area contributed by atoms with Crippen molar-refractivity contribution in [2.45, 2.75) is 46.0 Å². The molecule has 0 saturated heterocycles. The molecule has 0 aliphatic carbocycles. The summed E-state index contributed by atoms with van der Waals surface area (Å²) >= 11 is 0. The molecule has 158 valence electrons. The number of carbonyl (C=O) groups is 4. The van der Waals surface area contributed by atoms with Crippen molar-refractivity contribution in [3.05, 3.63) is 23.8 Å². The fourth-order valence-electron chi connectivity index (χ4n) is 2.85. The lowest BCUT2D eigenvalue weighted by Crippen LogP contribution is -2.42. The normalized spacial score (nSPS) is 12.8. The number of nitrogens with zero attached hydrogens (tertiary/aromatic N) is 1. The number of carbonyl (C=O) groups excluding carboxylic acids is 4. The second-order valence-corrected chi connectivity index (χ2v) is 6.61. The van der Waals surface area contributed by atoms with E-state index < -0.39 is 11.9 Å². The first-order valence-electron chi connectivity index (χ1n) is 9.87. The van der Waals surface area contributed by atoms with E-state index in [9.17, 15) is 19.2 Å². The second-order valence-electron chi connectivity index (χ2n) is 6.61. The van der Waals surface area contributed by atoms with Gasteiger partial charge in [-0.15, -0.1) is 0 Å². The maximum atomic E-state index is 12.4. The number of hydrogen-bond donors (Lipinski definition) is 0. The third kappa shape index (κ3) is 6.58. The van der Waals surface area contributed by atoms with Crippen molar-refractivity contribution in [1.82, 2.24) is 0 Å². The van der Waals surface area contributed by atoms with Crippen molar-refractivity contribution in [3.8, 4) is 5.75 Å². The first-order valence-corrected chi connectivity index (χ1v) is 9.87. The molecule has 1 amide bonds. The molecule has 1 aliphatic heterocycles. The van der Waals surface area contributed by atoms with Crippen molar-refractivity contribution in [3.63, 3.8) is 0 Å². The molecule has 29 heavy (non-hydrogen) atoms. The Labute approximate surface area is 170 Å². The van der Waals surface area contributed by atoms with Crippen LogP contribution in [-0.4, -0.2) is 50.0 Å². The molecular weight excluding hydrogens is 378 g/mol. The summed E-state index contributed by atoms with van der Waals surface area (Å²) in [4.78, 5) is 49.5. The Bertz CT molecular complexity index is 759. The van der Waals surface area contributed by atoms with E-state index >= 15 is 0 Å². The van der Waals surface area contributed by atoms with Gasteiger partial charge in [-0.3, -0.25) is 24.1 Å². The SMILES string of the molecule is CCCCCOC(=O)CN1C(=O)COc2ccc(C(=O)CCC(=O)OCC)cc21. The Morgan fingerprint density at radius 2 is 1.86 bits per heavy atom. The molecule has 1 aliphatic rings. The number of unbranched alkanes of at least 4 members (excludes halogenated alkanes) is 2. The van der Waals surface area contributed by atoms with Crippen LogP contribution in [0.15, 0.2) is 18.2 Å². The van der Waals surface area contributed by atoms with Crippen LogP contribution in [0.3, 0.4) is 0 Å². The molecule has 1 heterocycles. The Morgan fingerprint density at radius 3 is 2.59 bits per heavy atom. The maximum absolute atomic E-state index is 12.4. The van der Waals surface area contributed by atoms with Gasteiger partial charge in [0.2, 0.25) is 0 Å². The summed E-state index contributed by atoms with van der Waals surface area (Å²) < 4.78 is 15.4. The molecule has 0 saturated carbocycles. The molecule has 2 rings (SSSR count). The highest BCUT2D eigenvalue weighted by Gasteiger charge is 2.28. The van der Waals surface area contributed by atoms with Crippen LogP contribution >= 0.6 is 0 Å². The molecule has 0 radical (unpaired) electrons. The molecule has 1 aromatic carbocycles. The molecule has 0 atom stereocenters. The van der Waals surface area contributed by atoms with Crippen molar-refractivity contribution in [1.29, 1.82) is 0 Å². The van der Waals surface area contributed by atoms with E-state index in [1.54, 1.807) is 19.1 Å². The summed E-state index contributed by atoms with van der Waals surface area (Å²) in [6.07, 6.45) is 2.72. The van der Waals surface area contributed by atoms with Gasteiger partial charge in [-0.05, 0) is 31.5 Å². The quantitative estimate of drug-likeness (QED) is 0.317. The van der Waals surface area contributed by atoms with Gasteiger partial charge in [0.25, 0.3) is 5.91 Å². The highest BCUT2D eigenvalue weighted by molar-refractivity contribution is 6.04. The number of amides is 1. The second kappa shape index (κ2) is 11.2. The zero-order valence-electron chi connectivity index (χ0n) is 16.9. The highest BCUT2D eigenvalue weighted by atomic mass is 16.5. The summed E-state index contributed by atoms with van der Waals surface area (Å²) in [7, 11) is 0. The van der Waals surface area contributed by atoms with Crippen LogP contribution in [0.4, 0.5) is 5.69 Å². The predicted molar refractivity (Wildman–Crippen MR) is 105 cm³/mol. The number of fused-ring (bicyclic) bond motifs is 1. The third-order valence-corrected chi connectivity index (χ3v) is 4.38. The minimum Gasteiger partial charge on any atom is -0.482 e. The fourth-order valence-corrected chi connectivity index (χ4v) is 2.85. The van der Waals surface area contributed by atoms with Gasteiger partial charge < -0.3 is 14.2 Å². The number of ether oxygens (including phenoxy) is 3. The van der Waals surface area contributed by atoms with Gasteiger partial charge in [0, 0.05) is 12.0 Å². The van der Waals surface area contributed by atoms with Gasteiger partial charge in [0.05, 0.1) is 25.3 Å². The lowest BCUT2D eigenvalue weighted by atomic mass is 10.0. The van der Waals surface area contributed by atoms with Crippen LogP contribution in [0.2, 0.25) is 0 Å². The molecule has 8 nitrogen and oxygen atoms in total. The molecule has 0 unspecified atom stereocenters. The molecule has 0 fully saturated rings. The van der Waals surface area contributed by atoms with Gasteiger partial charge in [-0.2, -0.15) is 0 Å². The van der Waals surface area contributed by atoms with E-state index in [1.807, 2.05) is 0 Å². The number of ketones is 1. The standard InChI is InChI=1S/C21H27NO7/c1-3-5-6-11-28-21(26)13-22-16-12-15(7-9-18(16)29-14-19(22)24)17(23)8-10-20(25)27-4-2/h7,9,12H,3-6,8,10-11,13-14H2,1-2H3. The smallest absolute Gasteiger partial charge is 0.326 e. The molecule has 0 N–H and O–H groups in total. The third-order valence-electron chi connectivity index (χ3n) is 4.38. The molecule has 0 aromatic heterocycles. The number of Topliss-reactive ketones (excluding diaryl/α,β-unsaturated/α-hetero) is 1. The summed E-state index contributed by atoms with van der Waals surface area (Å²) in [5.74, 6) is -1.20. The topological polar surface area (TPSA) is 99.2 Å². The summed E-state index contributed by atoms with van der Waals surface area (Å²) in [6.45, 7) is 3.88. The first kappa shape index (κ1) is 22.4. The number of hydrogen-bond acceptors (Lipinski definition) is 7. The number of rotatable bonds is 11. The largest absolute Gasteiger partial charge is 0.482 e. The predicted octanol–water partition coefficient (Wildman–Crippen LogP) is 2.67. The van der Waals surface area contributed by atoms with Crippen LogP contribution in [0.1, 0.15) is 56.3 Å². The molecule has 1 aromatic rings. The lowest BCUT2D eigenvalue weighted by Gasteiger charge is -2.29. The minimum atomic E-state index is -0.513. The number of esters is 2. The Kier molecular flexibility index (Phi) is 8.64. The summed E-state index contributed by atoms with van der Waals surface area (Å²) in [5.41, 5.74) is 0.668. The van der Waals surface area contributed by atoms with Crippen LogP contribution in [0.5, 0.6) is 5.75 Å². The Morgan fingerprint density at radius 1 is 1.07 bits per heavy atom. The summed E-state index contributed by atoms with van der Waals surface area (Å²) in [6, 6.07) is 4.66. The van der Waals surface area contributed by atoms with Gasteiger partial charge in [0.15, 0.2) is 12.4 Å². The van der Waals surface area contributed by atoms with Gasteiger partial charge in [-0.1, -0.05) is 19.8 Å². The minimum absolute atomic E-state index is 0.00804. The number of anilines is 1. The van der Waals surface area contributed by atoms with Crippen LogP contribution in [0, 0.1) is 0 Å². The molecule has 8 heteroatoms. The number of benzene rings is 1. The Balaban J connectivity index is 2.06. The van der Waals surface area contributed by atoms with Crippen LogP contribution in [0.25, 0.3) is 0 Å². The van der Waals surface area contributed by atoms with Gasteiger partial charge in [0.1, 0.15) is 12.3 Å². The lowest BCUT2D eigenvalue weighted by molar-refractivity contribution is -0.143. The van der Waals surface area contributed by atoms with E-state index in [0.717, 1.165) is 19.3 Å². The molecule has 0 spiro atoms. The van der Waals surface area contributed by atoms with Gasteiger partial charge in [-0.25, -0.2) is 0 Å². The van der Waals surface area contributed by atoms with E-state index in [4.69, 9.17) is 14.2 Å². The summed E-state index contributed by atoms with van der Waals surface area (Å²) in [5, 5.41) is 0. The Hall–Kier alpha value is -2.90. The van der Waals surface area contributed by atoms with E-state index in [1.165, 1.54) is 11.0 Å². The zero-order valence-corrected chi connectivity index (χ0v) is 16.9. The molecular formula is C21H27NO7. The maximum Gasteiger partial charge on any atom is 0.326 e. The van der Waals surface area contributed by atoms with E-state index in [0.29, 0.717) is 23.6 Å². The van der Waals surface area contributed by atoms with Crippen molar-refractivity contribution in [2.75, 3.05) is 31.3 Å². The van der Waals surface area contributed by atoms with E-state index in [2.05, 4.69) is 6.92 Å². The van der Waals surface area contributed by atoms with Crippen molar-refractivity contribution >= 4 is 29.3 Å². The average molecular weight is 405 g/mol. The van der Waals surface area contributed by atoms with Crippen LogP contribution in [-0.2, 0) is 23.9 Å². The van der Waals surface area contributed by atoms with Crippen molar-refractivity contribution < 1.29 is 33.4 Å². The zero-order chi connectivity index (χ0) is 21.2. The van der Waals surface area contributed by atoms with E-state index in [-0.39, 0.29) is 44.3 Å². The van der Waals surface area contributed by atoms with Crippen LogP contribution < -0.4 is 9.64 Å².